The lowest BCUT2D eigenvalue weighted by molar-refractivity contribution is -0.128. The van der Waals surface area contributed by atoms with Gasteiger partial charge in [-0.15, -0.1) is 0 Å². The van der Waals surface area contributed by atoms with Crippen molar-refractivity contribution >= 4 is 5.78 Å². The minimum atomic E-state index is -0.974. The molecular formula is C20H29FO2. The van der Waals surface area contributed by atoms with Crippen molar-refractivity contribution in [2.24, 2.45) is 28.6 Å². The Balaban J connectivity index is 1.74. The summed E-state index contributed by atoms with van der Waals surface area (Å²) in [5, 5.41) is 10.9. The highest BCUT2D eigenvalue weighted by molar-refractivity contribution is 5.91. The first-order valence-electron chi connectivity index (χ1n) is 9.30. The molecule has 128 valence electrons. The van der Waals surface area contributed by atoms with Gasteiger partial charge in [0, 0.05) is 6.42 Å². The van der Waals surface area contributed by atoms with Gasteiger partial charge in [0.05, 0.1) is 5.60 Å². The Kier molecular flexibility index (Phi) is 3.22. The van der Waals surface area contributed by atoms with Crippen LogP contribution in [0.5, 0.6) is 0 Å². The van der Waals surface area contributed by atoms with Crippen molar-refractivity contribution in [2.45, 2.75) is 77.5 Å². The van der Waals surface area contributed by atoms with E-state index in [-0.39, 0.29) is 16.6 Å². The summed E-state index contributed by atoms with van der Waals surface area (Å²) in [7, 11) is 0. The van der Waals surface area contributed by atoms with Crippen LogP contribution < -0.4 is 0 Å². The Morgan fingerprint density at radius 1 is 1.13 bits per heavy atom. The molecule has 0 aromatic rings. The van der Waals surface area contributed by atoms with Gasteiger partial charge in [-0.25, -0.2) is 4.39 Å². The van der Waals surface area contributed by atoms with Gasteiger partial charge in [0.2, 0.25) is 0 Å². The Morgan fingerprint density at radius 3 is 2.57 bits per heavy atom. The number of halogens is 1. The maximum absolute atomic E-state index is 15.0. The molecule has 3 fully saturated rings. The standard InChI is InChI=1S/C20H29FO2/c1-18-7-4-12(22)10-16(18)17(21)11-13-14(18)5-8-19(2)15(13)6-9-20(19,3)23/h10,13-15,17,23H,4-9,11H2,1-3H3. The van der Waals surface area contributed by atoms with Crippen LogP contribution in [0, 0.1) is 28.6 Å². The SMILES string of the molecule is CC12CCC(=O)C=C1C(F)CC1C2CCC2(C)C1CCC2(C)O. The number of aliphatic hydroxyl groups is 1. The van der Waals surface area contributed by atoms with Crippen molar-refractivity contribution in [3.8, 4) is 0 Å². The third-order valence-corrected chi connectivity index (χ3v) is 8.50. The predicted molar refractivity (Wildman–Crippen MR) is 87.6 cm³/mol. The molecule has 0 spiro atoms. The minimum absolute atomic E-state index is 0.0735. The molecule has 4 aliphatic carbocycles. The van der Waals surface area contributed by atoms with Crippen LogP contribution in [0.3, 0.4) is 0 Å². The van der Waals surface area contributed by atoms with Crippen LogP contribution in [0.4, 0.5) is 4.39 Å². The van der Waals surface area contributed by atoms with Crippen LogP contribution in [0.15, 0.2) is 11.6 Å². The van der Waals surface area contributed by atoms with Gasteiger partial charge >= 0.3 is 0 Å². The first-order valence-corrected chi connectivity index (χ1v) is 9.30. The first-order chi connectivity index (χ1) is 10.7. The molecule has 1 N–H and O–H groups in total. The highest BCUT2D eigenvalue weighted by Crippen LogP contribution is 2.67. The molecule has 0 amide bonds. The van der Waals surface area contributed by atoms with E-state index in [0.29, 0.717) is 30.6 Å². The molecule has 7 atom stereocenters. The van der Waals surface area contributed by atoms with Crippen molar-refractivity contribution in [3.05, 3.63) is 11.6 Å². The second-order valence-corrected chi connectivity index (χ2v) is 9.33. The van der Waals surface area contributed by atoms with Crippen LogP contribution in [-0.4, -0.2) is 22.7 Å². The summed E-state index contributed by atoms with van der Waals surface area (Å²) in [5.74, 6) is 1.35. The lowest BCUT2D eigenvalue weighted by atomic mass is 9.46. The summed E-state index contributed by atoms with van der Waals surface area (Å²) in [6.45, 7) is 6.41. The molecule has 3 saturated carbocycles. The minimum Gasteiger partial charge on any atom is -0.390 e. The second kappa shape index (κ2) is 4.68. The normalized spacial score (nSPS) is 55.7. The van der Waals surface area contributed by atoms with Gasteiger partial charge in [0.15, 0.2) is 5.78 Å². The molecule has 2 nitrogen and oxygen atoms in total. The van der Waals surface area contributed by atoms with Gasteiger partial charge < -0.3 is 5.11 Å². The fourth-order valence-electron chi connectivity index (χ4n) is 6.80. The molecule has 0 aromatic carbocycles. The molecule has 0 bridgehead atoms. The molecule has 0 aliphatic heterocycles. The van der Waals surface area contributed by atoms with Crippen molar-refractivity contribution in [1.82, 2.24) is 0 Å². The third-order valence-electron chi connectivity index (χ3n) is 8.50. The molecular weight excluding hydrogens is 291 g/mol. The Labute approximate surface area is 138 Å². The van der Waals surface area contributed by atoms with Crippen molar-refractivity contribution in [2.75, 3.05) is 0 Å². The van der Waals surface area contributed by atoms with Crippen molar-refractivity contribution in [3.63, 3.8) is 0 Å². The maximum atomic E-state index is 15.0. The summed E-state index contributed by atoms with van der Waals surface area (Å²) < 4.78 is 15.0. The summed E-state index contributed by atoms with van der Waals surface area (Å²) >= 11 is 0. The van der Waals surface area contributed by atoms with E-state index in [4.69, 9.17) is 0 Å². The average molecular weight is 320 g/mol. The largest absolute Gasteiger partial charge is 0.390 e. The van der Waals surface area contributed by atoms with Gasteiger partial charge in [0.25, 0.3) is 0 Å². The topological polar surface area (TPSA) is 37.3 Å². The fraction of sp³-hybridized carbons (Fsp3) is 0.850. The fourth-order valence-corrected chi connectivity index (χ4v) is 6.80. The molecule has 3 heteroatoms. The number of hydrogen-bond donors (Lipinski definition) is 1. The summed E-state index contributed by atoms with van der Waals surface area (Å²) in [6, 6.07) is 0. The summed E-state index contributed by atoms with van der Waals surface area (Å²) in [4.78, 5) is 11.8. The van der Waals surface area contributed by atoms with E-state index in [1.807, 2.05) is 6.92 Å². The average Bonchev–Trinajstić information content (AvgIpc) is 2.72. The lowest BCUT2D eigenvalue weighted by Crippen LogP contribution is -2.55. The number of hydrogen-bond acceptors (Lipinski definition) is 2. The van der Waals surface area contributed by atoms with Crippen LogP contribution in [-0.2, 0) is 4.79 Å². The Hall–Kier alpha value is -0.700. The molecule has 4 rings (SSSR count). The number of allylic oxidation sites excluding steroid dienone is 1. The smallest absolute Gasteiger partial charge is 0.155 e. The molecule has 7 unspecified atom stereocenters. The van der Waals surface area contributed by atoms with Crippen molar-refractivity contribution < 1.29 is 14.3 Å². The van der Waals surface area contributed by atoms with Gasteiger partial charge in [0.1, 0.15) is 6.17 Å². The number of carbonyl (C=O) groups excluding carboxylic acids is 1. The molecule has 0 aromatic heterocycles. The molecule has 23 heavy (non-hydrogen) atoms. The van der Waals surface area contributed by atoms with Gasteiger partial charge in [-0.05, 0) is 85.7 Å². The van der Waals surface area contributed by atoms with Gasteiger partial charge in [-0.3, -0.25) is 4.79 Å². The van der Waals surface area contributed by atoms with Crippen LogP contribution in [0.25, 0.3) is 0 Å². The second-order valence-electron chi connectivity index (χ2n) is 9.33. The zero-order chi connectivity index (χ0) is 16.6. The van der Waals surface area contributed by atoms with E-state index in [0.717, 1.165) is 37.7 Å². The predicted octanol–water partition coefficient (Wildman–Crippen LogP) is 4.22. The lowest BCUT2D eigenvalue weighted by Gasteiger charge is -2.59. The van der Waals surface area contributed by atoms with Crippen LogP contribution >= 0.6 is 0 Å². The third kappa shape index (κ3) is 1.92. The number of rotatable bonds is 0. The maximum Gasteiger partial charge on any atom is 0.155 e. The van der Waals surface area contributed by atoms with E-state index in [2.05, 4.69) is 13.8 Å². The molecule has 0 saturated heterocycles. The summed E-state index contributed by atoms with van der Waals surface area (Å²) in [6.07, 6.45) is 6.52. The number of fused-ring (bicyclic) bond motifs is 5. The quantitative estimate of drug-likeness (QED) is 0.725. The highest BCUT2D eigenvalue weighted by Gasteiger charge is 2.63. The van der Waals surface area contributed by atoms with Crippen LogP contribution in [0.1, 0.15) is 65.7 Å². The monoisotopic (exact) mass is 320 g/mol. The van der Waals surface area contributed by atoms with E-state index >= 15 is 4.39 Å². The van der Waals surface area contributed by atoms with E-state index in [9.17, 15) is 9.90 Å². The number of alkyl halides is 1. The zero-order valence-corrected chi connectivity index (χ0v) is 14.6. The van der Waals surface area contributed by atoms with Crippen LogP contribution in [0.2, 0.25) is 0 Å². The van der Waals surface area contributed by atoms with Gasteiger partial charge in [-0.2, -0.15) is 0 Å². The zero-order valence-electron chi connectivity index (χ0n) is 14.6. The first kappa shape index (κ1) is 15.8. The number of carbonyl (C=O) groups is 1. The van der Waals surface area contributed by atoms with E-state index in [1.54, 1.807) is 6.08 Å². The summed E-state index contributed by atoms with van der Waals surface area (Å²) in [5.41, 5.74) is -0.0564. The van der Waals surface area contributed by atoms with E-state index in [1.165, 1.54) is 0 Å². The molecule has 0 heterocycles. The highest BCUT2D eigenvalue weighted by atomic mass is 19.1. The van der Waals surface area contributed by atoms with E-state index < -0.39 is 11.8 Å². The van der Waals surface area contributed by atoms with Crippen molar-refractivity contribution in [1.29, 1.82) is 0 Å². The molecule has 4 aliphatic rings. The number of ketones is 1. The van der Waals surface area contributed by atoms with Gasteiger partial charge in [-0.1, -0.05) is 13.8 Å². The Bertz CT molecular complexity index is 580. The Morgan fingerprint density at radius 2 is 1.83 bits per heavy atom. The molecule has 0 radical (unpaired) electrons.